The van der Waals surface area contributed by atoms with Crippen LogP contribution in [0.5, 0.6) is 0 Å². The van der Waals surface area contributed by atoms with Crippen molar-refractivity contribution in [2.45, 2.75) is 0 Å². The molecule has 0 saturated heterocycles. The molecule has 0 saturated carbocycles. The lowest BCUT2D eigenvalue weighted by Gasteiger charge is -2.03. The van der Waals surface area contributed by atoms with E-state index in [4.69, 9.17) is 0 Å². The monoisotopic (exact) mass is 343 g/mol. The summed E-state index contributed by atoms with van der Waals surface area (Å²) in [5, 5.41) is 1.26. The number of aromatic nitrogens is 1. The van der Waals surface area contributed by atoms with Crippen LogP contribution in [0.4, 0.5) is 17.3 Å². The molecular formula is C19H14BF4N. The molecule has 0 unspecified atom stereocenters. The van der Waals surface area contributed by atoms with Gasteiger partial charge in [-0.15, -0.1) is 0 Å². The number of fused-ring (bicyclic) bond motifs is 3. The molecule has 0 amide bonds. The summed E-state index contributed by atoms with van der Waals surface area (Å²) < 4.78 is 41.2. The topological polar surface area (TPSA) is 4.10 Å². The molecule has 0 bridgehead atoms. The maximum atomic E-state index is 9.75. The minimum atomic E-state index is -6.00. The van der Waals surface area contributed by atoms with Crippen molar-refractivity contribution in [2.75, 3.05) is 0 Å². The number of nitrogens with zero attached hydrogens (tertiary/aromatic N) is 1. The van der Waals surface area contributed by atoms with Crippen LogP contribution in [-0.4, -0.2) is 7.25 Å². The van der Waals surface area contributed by atoms with Gasteiger partial charge in [-0.2, -0.15) is 4.40 Å². The first-order valence-electron chi connectivity index (χ1n) is 7.68. The smallest absolute Gasteiger partial charge is 0.418 e. The van der Waals surface area contributed by atoms with Gasteiger partial charge in [0.25, 0.3) is 0 Å². The molecular weight excluding hydrogens is 329 g/mol. The van der Waals surface area contributed by atoms with E-state index in [9.17, 15) is 17.3 Å². The molecule has 2 aromatic carbocycles. The minimum absolute atomic E-state index is 1.22. The fourth-order valence-corrected chi connectivity index (χ4v) is 2.70. The van der Waals surface area contributed by atoms with E-state index in [1.165, 1.54) is 27.5 Å². The van der Waals surface area contributed by atoms with E-state index in [2.05, 4.69) is 83.4 Å². The molecule has 0 aliphatic heterocycles. The Balaban J connectivity index is 0.000000324. The van der Waals surface area contributed by atoms with Crippen molar-refractivity contribution in [3.8, 4) is 11.1 Å². The highest BCUT2D eigenvalue weighted by molar-refractivity contribution is 6.50. The second kappa shape index (κ2) is 6.93. The molecule has 1 nitrogen and oxygen atoms in total. The molecule has 0 N–H and O–H groups in total. The van der Waals surface area contributed by atoms with Gasteiger partial charge >= 0.3 is 7.25 Å². The first-order chi connectivity index (χ1) is 11.9. The molecule has 0 aliphatic carbocycles. The summed E-state index contributed by atoms with van der Waals surface area (Å²) in [6.45, 7) is 0. The van der Waals surface area contributed by atoms with Gasteiger partial charge in [-0.1, -0.05) is 30.3 Å². The van der Waals surface area contributed by atoms with Crippen LogP contribution in [0.3, 0.4) is 0 Å². The molecule has 0 radical (unpaired) electrons. The molecule has 0 spiro atoms. The minimum Gasteiger partial charge on any atom is -0.418 e. The number of pyridine rings is 2. The zero-order valence-electron chi connectivity index (χ0n) is 13.1. The average Bonchev–Trinajstić information content (AvgIpc) is 2.60. The summed E-state index contributed by atoms with van der Waals surface area (Å²) in [7, 11) is -6.00. The number of rotatable bonds is 1. The van der Waals surface area contributed by atoms with Gasteiger partial charge < -0.3 is 17.3 Å². The summed E-state index contributed by atoms with van der Waals surface area (Å²) >= 11 is 0. The number of hydrogen-bond acceptors (Lipinski definition) is 0. The Labute approximate surface area is 142 Å². The standard InChI is InChI=1S/C19H14N.BF4/c1-2-6-15(7-3-1)16-10-12-19-17(14-16)9-11-18-8-4-5-13-20(18)19;2-1(3,4)5/h1-14H;/q+1;-1. The second-order valence-electron chi connectivity index (χ2n) is 5.46. The molecule has 6 heteroatoms. The highest BCUT2D eigenvalue weighted by Crippen LogP contribution is 2.23. The number of hydrogen-bond donors (Lipinski definition) is 0. The van der Waals surface area contributed by atoms with Gasteiger partial charge in [-0.05, 0) is 35.4 Å². The fourth-order valence-electron chi connectivity index (χ4n) is 2.70. The summed E-state index contributed by atoms with van der Waals surface area (Å²) in [6.07, 6.45) is 2.11. The van der Waals surface area contributed by atoms with E-state index in [0.717, 1.165) is 0 Å². The first-order valence-corrected chi connectivity index (χ1v) is 7.68. The Morgan fingerprint density at radius 3 is 2.04 bits per heavy atom. The Kier molecular flexibility index (Phi) is 4.70. The van der Waals surface area contributed by atoms with E-state index in [0.29, 0.717) is 0 Å². The van der Waals surface area contributed by atoms with Gasteiger partial charge in [0, 0.05) is 29.7 Å². The van der Waals surface area contributed by atoms with Gasteiger partial charge in [-0.3, -0.25) is 0 Å². The van der Waals surface area contributed by atoms with Crippen molar-refractivity contribution in [2.24, 2.45) is 0 Å². The highest BCUT2D eigenvalue weighted by atomic mass is 19.5. The molecule has 0 fully saturated rings. The Morgan fingerprint density at radius 1 is 0.640 bits per heavy atom. The van der Waals surface area contributed by atoms with Crippen molar-refractivity contribution in [1.82, 2.24) is 0 Å². The largest absolute Gasteiger partial charge is 0.673 e. The molecule has 4 rings (SSSR count). The predicted octanol–water partition coefficient (Wildman–Crippen LogP) is 5.55. The zero-order valence-corrected chi connectivity index (χ0v) is 13.1. The third-order valence-corrected chi connectivity index (χ3v) is 3.72. The summed E-state index contributed by atoms with van der Waals surface area (Å²) in [6, 6.07) is 27.8. The first kappa shape index (κ1) is 17.0. The van der Waals surface area contributed by atoms with E-state index >= 15 is 0 Å². The van der Waals surface area contributed by atoms with Crippen LogP contribution in [0.1, 0.15) is 0 Å². The lowest BCUT2D eigenvalue weighted by Crippen LogP contribution is -2.21. The SMILES string of the molecule is F[B-](F)(F)F.c1ccc(-c2ccc3c(ccc4cccc[n+]43)c2)cc1. The van der Waals surface area contributed by atoms with Crippen molar-refractivity contribution < 1.29 is 21.7 Å². The molecule has 25 heavy (non-hydrogen) atoms. The van der Waals surface area contributed by atoms with E-state index in [1.807, 2.05) is 6.07 Å². The average molecular weight is 343 g/mol. The third-order valence-electron chi connectivity index (χ3n) is 3.72. The van der Waals surface area contributed by atoms with Gasteiger partial charge in [0.05, 0.1) is 0 Å². The molecule has 2 aromatic heterocycles. The summed E-state index contributed by atoms with van der Waals surface area (Å²) in [4.78, 5) is 0. The molecule has 0 atom stereocenters. The van der Waals surface area contributed by atoms with Crippen LogP contribution in [-0.2, 0) is 0 Å². The lowest BCUT2D eigenvalue weighted by molar-refractivity contribution is -0.481. The Bertz CT molecular complexity index is 994. The normalized spacial score (nSPS) is 11.2. The van der Waals surface area contributed by atoms with E-state index < -0.39 is 7.25 Å². The zero-order chi connectivity index (χ0) is 17.9. The molecule has 0 aliphatic rings. The van der Waals surface area contributed by atoms with E-state index in [-0.39, 0.29) is 0 Å². The summed E-state index contributed by atoms with van der Waals surface area (Å²) in [5.74, 6) is 0. The third kappa shape index (κ3) is 4.35. The molecule has 4 aromatic rings. The second-order valence-corrected chi connectivity index (χ2v) is 5.46. The van der Waals surface area contributed by atoms with Crippen LogP contribution in [0, 0.1) is 0 Å². The van der Waals surface area contributed by atoms with Crippen LogP contribution < -0.4 is 4.40 Å². The quantitative estimate of drug-likeness (QED) is 0.185. The van der Waals surface area contributed by atoms with Crippen molar-refractivity contribution in [3.05, 3.63) is 85.1 Å². The summed E-state index contributed by atoms with van der Waals surface area (Å²) in [5.41, 5.74) is 4.97. The predicted molar refractivity (Wildman–Crippen MR) is 92.7 cm³/mol. The van der Waals surface area contributed by atoms with Crippen molar-refractivity contribution >= 4 is 23.7 Å². The Morgan fingerprint density at radius 2 is 1.32 bits per heavy atom. The van der Waals surface area contributed by atoms with Crippen LogP contribution in [0.2, 0.25) is 0 Å². The number of benzene rings is 2. The van der Waals surface area contributed by atoms with Crippen molar-refractivity contribution in [3.63, 3.8) is 0 Å². The van der Waals surface area contributed by atoms with Gasteiger partial charge in [0.1, 0.15) is 0 Å². The lowest BCUT2D eigenvalue weighted by atomic mass is 10.0. The molecule has 2 heterocycles. The van der Waals surface area contributed by atoms with E-state index in [1.54, 1.807) is 0 Å². The van der Waals surface area contributed by atoms with Crippen LogP contribution in [0.15, 0.2) is 85.1 Å². The van der Waals surface area contributed by atoms with Gasteiger partial charge in [0.15, 0.2) is 6.20 Å². The molecule has 126 valence electrons. The van der Waals surface area contributed by atoms with Gasteiger partial charge in [-0.25, -0.2) is 0 Å². The van der Waals surface area contributed by atoms with Crippen LogP contribution >= 0.6 is 0 Å². The van der Waals surface area contributed by atoms with Crippen molar-refractivity contribution in [1.29, 1.82) is 0 Å². The maximum absolute atomic E-state index is 9.75. The number of halogens is 4. The maximum Gasteiger partial charge on any atom is 0.673 e. The Hall–Kier alpha value is -2.89. The highest BCUT2D eigenvalue weighted by Gasteiger charge is 2.20. The fraction of sp³-hybridized carbons (Fsp3) is 0. The van der Waals surface area contributed by atoms with Gasteiger partial charge in [0.2, 0.25) is 11.0 Å². The van der Waals surface area contributed by atoms with Crippen LogP contribution in [0.25, 0.3) is 27.5 Å².